The van der Waals surface area contributed by atoms with Crippen LogP contribution in [0.2, 0.25) is 10.0 Å². The molecule has 0 saturated heterocycles. The van der Waals surface area contributed by atoms with Crippen molar-refractivity contribution in [1.29, 1.82) is 0 Å². The Morgan fingerprint density at radius 3 is 2.67 bits per heavy atom. The number of carboxylic acids is 1. The zero-order chi connectivity index (χ0) is 11.4. The summed E-state index contributed by atoms with van der Waals surface area (Å²) in [4.78, 5) is 10.9. The van der Waals surface area contributed by atoms with E-state index >= 15 is 0 Å². The van der Waals surface area contributed by atoms with E-state index in [2.05, 4.69) is 0 Å². The molecule has 0 radical (unpaired) electrons. The van der Waals surface area contributed by atoms with Crippen LogP contribution in [0, 0.1) is 5.92 Å². The van der Waals surface area contributed by atoms with Gasteiger partial charge in [0.15, 0.2) is 0 Å². The van der Waals surface area contributed by atoms with Crippen LogP contribution >= 0.6 is 23.2 Å². The summed E-state index contributed by atoms with van der Waals surface area (Å²) < 4.78 is 0. The minimum absolute atomic E-state index is 0.402. The van der Waals surface area contributed by atoms with Crippen LogP contribution in [0.3, 0.4) is 0 Å². The van der Waals surface area contributed by atoms with Crippen molar-refractivity contribution in [2.24, 2.45) is 5.92 Å². The van der Waals surface area contributed by atoms with Gasteiger partial charge < -0.3 is 5.11 Å². The minimum atomic E-state index is -0.798. The van der Waals surface area contributed by atoms with Gasteiger partial charge >= 0.3 is 5.97 Å². The molecule has 1 N–H and O–H groups in total. The fourth-order valence-electron chi connectivity index (χ4n) is 1.37. The molecule has 0 saturated carbocycles. The van der Waals surface area contributed by atoms with Crippen molar-refractivity contribution in [1.82, 2.24) is 0 Å². The van der Waals surface area contributed by atoms with E-state index < -0.39 is 11.9 Å². The molecule has 1 aromatic carbocycles. The van der Waals surface area contributed by atoms with Crippen molar-refractivity contribution in [2.45, 2.75) is 19.8 Å². The maximum atomic E-state index is 10.9. The monoisotopic (exact) mass is 246 g/mol. The molecule has 0 aliphatic carbocycles. The fraction of sp³-hybridized carbons (Fsp3) is 0.364. The van der Waals surface area contributed by atoms with E-state index in [-0.39, 0.29) is 0 Å². The van der Waals surface area contributed by atoms with Crippen LogP contribution in [-0.2, 0) is 11.2 Å². The number of benzene rings is 1. The molecule has 4 heteroatoms. The molecular weight excluding hydrogens is 235 g/mol. The largest absolute Gasteiger partial charge is 0.481 e. The molecule has 0 aliphatic rings. The van der Waals surface area contributed by atoms with Crippen molar-refractivity contribution in [2.75, 3.05) is 0 Å². The van der Waals surface area contributed by atoms with E-state index in [1.165, 1.54) is 0 Å². The van der Waals surface area contributed by atoms with E-state index in [1.54, 1.807) is 18.2 Å². The normalized spacial score (nSPS) is 12.5. The van der Waals surface area contributed by atoms with Crippen LogP contribution in [0.4, 0.5) is 0 Å². The van der Waals surface area contributed by atoms with Gasteiger partial charge in [0.05, 0.1) is 5.92 Å². The SMILES string of the molecule is CCC(Cc1cc(Cl)ccc1Cl)C(=O)O. The molecule has 0 heterocycles. The molecule has 0 bridgehead atoms. The molecule has 1 rings (SSSR count). The van der Waals surface area contributed by atoms with Crippen molar-refractivity contribution in [3.8, 4) is 0 Å². The van der Waals surface area contributed by atoms with Crippen molar-refractivity contribution in [3.05, 3.63) is 33.8 Å². The summed E-state index contributed by atoms with van der Waals surface area (Å²) in [5.74, 6) is -1.20. The fourth-order valence-corrected chi connectivity index (χ4v) is 1.76. The van der Waals surface area contributed by atoms with E-state index in [4.69, 9.17) is 28.3 Å². The molecule has 1 unspecified atom stereocenters. The number of carbonyl (C=O) groups is 1. The lowest BCUT2D eigenvalue weighted by Crippen LogP contribution is -2.15. The molecule has 0 aliphatic heterocycles. The van der Waals surface area contributed by atoms with E-state index in [1.807, 2.05) is 6.92 Å². The zero-order valence-electron chi connectivity index (χ0n) is 8.34. The molecule has 15 heavy (non-hydrogen) atoms. The van der Waals surface area contributed by atoms with Gasteiger partial charge in [0.25, 0.3) is 0 Å². The van der Waals surface area contributed by atoms with Gasteiger partial charge in [-0.2, -0.15) is 0 Å². The number of halogens is 2. The Morgan fingerprint density at radius 2 is 2.13 bits per heavy atom. The first-order chi connectivity index (χ1) is 7.04. The molecule has 82 valence electrons. The van der Waals surface area contributed by atoms with Crippen LogP contribution in [0.15, 0.2) is 18.2 Å². The van der Waals surface area contributed by atoms with E-state index in [0.29, 0.717) is 22.9 Å². The standard InChI is InChI=1S/C11H12Cl2O2/c1-2-7(11(14)15)5-8-6-9(12)3-4-10(8)13/h3-4,6-7H,2,5H2,1H3,(H,14,15). The highest BCUT2D eigenvalue weighted by atomic mass is 35.5. The van der Waals surface area contributed by atoms with Gasteiger partial charge in [-0.05, 0) is 36.6 Å². The lowest BCUT2D eigenvalue weighted by molar-refractivity contribution is -0.141. The summed E-state index contributed by atoms with van der Waals surface area (Å²) in [6.45, 7) is 1.84. The summed E-state index contributed by atoms with van der Waals surface area (Å²) in [7, 11) is 0. The highest BCUT2D eigenvalue weighted by molar-refractivity contribution is 6.33. The Morgan fingerprint density at radius 1 is 1.47 bits per heavy atom. The molecule has 1 aromatic rings. The van der Waals surface area contributed by atoms with Crippen LogP contribution in [0.25, 0.3) is 0 Å². The van der Waals surface area contributed by atoms with E-state index in [9.17, 15) is 4.79 Å². The van der Waals surface area contributed by atoms with Gasteiger partial charge in [0.1, 0.15) is 0 Å². The molecule has 1 atom stereocenters. The van der Waals surface area contributed by atoms with Gasteiger partial charge in [-0.15, -0.1) is 0 Å². The van der Waals surface area contributed by atoms with Crippen LogP contribution in [0.1, 0.15) is 18.9 Å². The maximum absolute atomic E-state index is 10.9. The summed E-state index contributed by atoms with van der Waals surface area (Å²) in [6, 6.07) is 5.10. The lowest BCUT2D eigenvalue weighted by atomic mass is 9.97. The second-order valence-corrected chi connectivity index (χ2v) is 4.23. The highest BCUT2D eigenvalue weighted by Gasteiger charge is 2.17. The number of hydrogen-bond acceptors (Lipinski definition) is 1. The lowest BCUT2D eigenvalue weighted by Gasteiger charge is -2.11. The average molecular weight is 247 g/mol. The van der Waals surface area contributed by atoms with Gasteiger partial charge in [-0.25, -0.2) is 0 Å². The van der Waals surface area contributed by atoms with Crippen LogP contribution in [-0.4, -0.2) is 11.1 Å². The van der Waals surface area contributed by atoms with Gasteiger partial charge in [-0.3, -0.25) is 4.79 Å². The second-order valence-electron chi connectivity index (χ2n) is 3.38. The smallest absolute Gasteiger partial charge is 0.306 e. The Hall–Kier alpha value is -0.730. The number of hydrogen-bond donors (Lipinski definition) is 1. The summed E-state index contributed by atoms with van der Waals surface area (Å²) in [5, 5.41) is 10.1. The number of aliphatic carboxylic acids is 1. The Kier molecular flexibility index (Phi) is 4.43. The topological polar surface area (TPSA) is 37.3 Å². The first-order valence-electron chi connectivity index (χ1n) is 4.71. The van der Waals surface area contributed by atoms with E-state index in [0.717, 1.165) is 5.56 Å². The molecular formula is C11H12Cl2O2. The molecule has 0 aromatic heterocycles. The van der Waals surface area contributed by atoms with Crippen LogP contribution < -0.4 is 0 Å². The van der Waals surface area contributed by atoms with Crippen molar-refractivity contribution < 1.29 is 9.90 Å². The number of carboxylic acid groups (broad SMARTS) is 1. The third-order valence-corrected chi connectivity index (χ3v) is 2.92. The predicted molar refractivity (Wildman–Crippen MR) is 61.6 cm³/mol. The second kappa shape index (κ2) is 5.38. The molecule has 0 fully saturated rings. The highest BCUT2D eigenvalue weighted by Crippen LogP contribution is 2.24. The molecule has 2 nitrogen and oxygen atoms in total. The zero-order valence-corrected chi connectivity index (χ0v) is 9.85. The third kappa shape index (κ3) is 3.40. The quantitative estimate of drug-likeness (QED) is 0.881. The first kappa shape index (κ1) is 12.3. The Bertz CT molecular complexity index is 364. The Balaban J connectivity index is 2.87. The third-order valence-electron chi connectivity index (χ3n) is 2.32. The number of rotatable bonds is 4. The maximum Gasteiger partial charge on any atom is 0.306 e. The van der Waals surface area contributed by atoms with Gasteiger partial charge in [0, 0.05) is 10.0 Å². The first-order valence-corrected chi connectivity index (χ1v) is 5.47. The van der Waals surface area contributed by atoms with Crippen molar-refractivity contribution in [3.63, 3.8) is 0 Å². The van der Waals surface area contributed by atoms with Crippen LogP contribution in [0.5, 0.6) is 0 Å². The molecule has 0 amide bonds. The predicted octanol–water partition coefficient (Wildman–Crippen LogP) is 3.65. The summed E-state index contributed by atoms with van der Waals surface area (Å²) >= 11 is 11.8. The van der Waals surface area contributed by atoms with Crippen molar-refractivity contribution >= 4 is 29.2 Å². The minimum Gasteiger partial charge on any atom is -0.481 e. The average Bonchev–Trinajstić information content (AvgIpc) is 2.18. The van der Waals surface area contributed by atoms with Gasteiger partial charge in [0.2, 0.25) is 0 Å². The Labute approximate surface area is 98.8 Å². The van der Waals surface area contributed by atoms with Gasteiger partial charge in [-0.1, -0.05) is 30.1 Å². The summed E-state index contributed by atoms with van der Waals surface area (Å²) in [6.07, 6.45) is 1.00. The summed E-state index contributed by atoms with van der Waals surface area (Å²) in [5.41, 5.74) is 0.790. The molecule has 0 spiro atoms.